The van der Waals surface area contributed by atoms with Crippen LogP contribution < -0.4 is 10.1 Å². The lowest BCUT2D eigenvalue weighted by atomic mass is 9.80. The summed E-state index contributed by atoms with van der Waals surface area (Å²) < 4.78 is 5.94. The summed E-state index contributed by atoms with van der Waals surface area (Å²) in [5.74, 6) is 1.04. The van der Waals surface area contributed by atoms with Crippen molar-refractivity contribution in [3.8, 4) is 5.75 Å². The zero-order chi connectivity index (χ0) is 15.1. The van der Waals surface area contributed by atoms with Crippen molar-refractivity contribution in [2.24, 2.45) is 0 Å². The van der Waals surface area contributed by atoms with Crippen molar-refractivity contribution < 1.29 is 9.53 Å². The first kappa shape index (κ1) is 14.9. The molecule has 0 radical (unpaired) electrons. The van der Waals surface area contributed by atoms with Crippen molar-refractivity contribution in [3.63, 3.8) is 0 Å². The molecule has 1 aliphatic heterocycles. The predicted molar refractivity (Wildman–Crippen MR) is 82.6 cm³/mol. The van der Waals surface area contributed by atoms with E-state index in [9.17, 15) is 4.79 Å². The van der Waals surface area contributed by atoms with Crippen LogP contribution in [0.15, 0.2) is 12.1 Å². The summed E-state index contributed by atoms with van der Waals surface area (Å²) >= 11 is 0. The maximum absolute atomic E-state index is 11.7. The minimum atomic E-state index is -0.0164. The molecule has 0 atom stereocenters. The Balaban J connectivity index is 2.56. The molecule has 1 aromatic rings. The Morgan fingerprint density at radius 3 is 2.55 bits per heavy atom. The van der Waals surface area contributed by atoms with Crippen LogP contribution in [0.4, 0.5) is 5.69 Å². The molecule has 0 spiro atoms. The highest BCUT2D eigenvalue weighted by molar-refractivity contribution is 5.91. The van der Waals surface area contributed by atoms with E-state index < -0.39 is 0 Å². The minimum Gasteiger partial charge on any atom is -0.492 e. The first-order valence-electron chi connectivity index (χ1n) is 7.27. The van der Waals surface area contributed by atoms with Gasteiger partial charge in [0.1, 0.15) is 5.75 Å². The van der Waals surface area contributed by atoms with Gasteiger partial charge in [-0.2, -0.15) is 0 Å². The summed E-state index contributed by atoms with van der Waals surface area (Å²) in [5, 5.41) is 2.98. The monoisotopic (exact) mass is 275 g/mol. The molecule has 20 heavy (non-hydrogen) atoms. The number of rotatable bonds is 2. The molecule has 1 aromatic carbocycles. The molecule has 2 rings (SSSR count). The van der Waals surface area contributed by atoms with Crippen LogP contribution in [0.2, 0.25) is 0 Å². The molecule has 0 bridgehead atoms. The van der Waals surface area contributed by atoms with Crippen LogP contribution >= 0.6 is 0 Å². The fourth-order valence-corrected chi connectivity index (χ4v) is 2.50. The maximum Gasteiger partial charge on any atom is 0.224 e. The number of nitrogens with one attached hydrogen (secondary N) is 1. The lowest BCUT2D eigenvalue weighted by Gasteiger charge is -2.24. The number of hydrogen-bond donors (Lipinski definition) is 1. The number of anilines is 1. The SMILES string of the molecule is CCC(=O)Nc1cc(C(C)(C)C)c2c(c1)C(C)(C)CO2. The van der Waals surface area contributed by atoms with Crippen LogP contribution in [0.25, 0.3) is 0 Å². The summed E-state index contributed by atoms with van der Waals surface area (Å²) in [5.41, 5.74) is 3.20. The first-order valence-corrected chi connectivity index (χ1v) is 7.27. The van der Waals surface area contributed by atoms with E-state index in [1.165, 1.54) is 5.56 Å². The van der Waals surface area contributed by atoms with Gasteiger partial charge in [-0.25, -0.2) is 0 Å². The van der Waals surface area contributed by atoms with Gasteiger partial charge in [0.15, 0.2) is 0 Å². The number of ether oxygens (including phenoxy) is 1. The predicted octanol–water partition coefficient (Wildman–Crippen LogP) is 4.00. The number of benzene rings is 1. The highest BCUT2D eigenvalue weighted by atomic mass is 16.5. The summed E-state index contributed by atoms with van der Waals surface area (Å²) in [6.45, 7) is 13.4. The molecule has 1 aliphatic rings. The number of fused-ring (bicyclic) bond motifs is 1. The van der Waals surface area contributed by atoms with E-state index in [0.29, 0.717) is 13.0 Å². The van der Waals surface area contributed by atoms with Gasteiger partial charge in [-0.3, -0.25) is 4.79 Å². The molecule has 0 unspecified atom stereocenters. The lowest BCUT2D eigenvalue weighted by Crippen LogP contribution is -2.19. The third-order valence-corrected chi connectivity index (χ3v) is 3.81. The first-order chi connectivity index (χ1) is 9.15. The zero-order valence-corrected chi connectivity index (χ0v) is 13.4. The minimum absolute atomic E-state index is 0.0116. The van der Waals surface area contributed by atoms with Crippen molar-refractivity contribution in [1.82, 2.24) is 0 Å². The molecule has 3 heteroatoms. The molecule has 1 heterocycles. The van der Waals surface area contributed by atoms with Crippen LogP contribution in [-0.2, 0) is 15.6 Å². The van der Waals surface area contributed by atoms with Gasteiger partial charge >= 0.3 is 0 Å². The normalized spacial score (nSPS) is 16.5. The quantitative estimate of drug-likeness (QED) is 0.886. The van der Waals surface area contributed by atoms with Gasteiger partial charge in [-0.05, 0) is 17.5 Å². The van der Waals surface area contributed by atoms with E-state index in [4.69, 9.17) is 4.74 Å². The lowest BCUT2D eigenvalue weighted by molar-refractivity contribution is -0.115. The molecule has 0 fully saturated rings. The van der Waals surface area contributed by atoms with E-state index in [1.54, 1.807) is 0 Å². The average Bonchev–Trinajstić information content (AvgIpc) is 2.63. The number of carbonyl (C=O) groups excluding carboxylic acids is 1. The Morgan fingerprint density at radius 1 is 1.35 bits per heavy atom. The smallest absolute Gasteiger partial charge is 0.224 e. The summed E-state index contributed by atoms with van der Waals surface area (Å²) in [4.78, 5) is 11.7. The van der Waals surface area contributed by atoms with Gasteiger partial charge in [-0.15, -0.1) is 0 Å². The second-order valence-electron chi connectivity index (χ2n) is 7.22. The second-order valence-corrected chi connectivity index (χ2v) is 7.22. The molecular formula is C17H25NO2. The highest BCUT2D eigenvalue weighted by Gasteiger charge is 2.36. The van der Waals surface area contributed by atoms with E-state index in [0.717, 1.165) is 17.0 Å². The average molecular weight is 275 g/mol. The van der Waals surface area contributed by atoms with Crippen molar-refractivity contribution in [1.29, 1.82) is 0 Å². The van der Waals surface area contributed by atoms with Gasteiger partial charge in [0.25, 0.3) is 0 Å². The summed E-state index contributed by atoms with van der Waals surface area (Å²) in [6, 6.07) is 4.11. The van der Waals surface area contributed by atoms with Gasteiger partial charge in [0.2, 0.25) is 5.91 Å². The largest absolute Gasteiger partial charge is 0.492 e. The third kappa shape index (κ3) is 2.67. The Kier molecular flexibility index (Phi) is 3.57. The second kappa shape index (κ2) is 4.80. The van der Waals surface area contributed by atoms with Crippen molar-refractivity contribution in [2.45, 2.75) is 58.8 Å². The standard InChI is InChI=1S/C17H25NO2/c1-7-14(19)18-11-8-12(16(2,3)4)15-13(9-11)17(5,6)10-20-15/h8-9H,7,10H2,1-6H3,(H,18,19). The topological polar surface area (TPSA) is 38.3 Å². The summed E-state index contributed by atoms with van der Waals surface area (Å²) in [7, 11) is 0. The molecule has 1 amide bonds. The molecule has 1 N–H and O–H groups in total. The maximum atomic E-state index is 11.7. The molecule has 3 nitrogen and oxygen atoms in total. The fraction of sp³-hybridized carbons (Fsp3) is 0.588. The molecular weight excluding hydrogens is 250 g/mol. The number of hydrogen-bond acceptors (Lipinski definition) is 2. The van der Waals surface area contributed by atoms with Gasteiger partial charge in [-0.1, -0.05) is 41.5 Å². The molecule has 0 aromatic heterocycles. The highest BCUT2D eigenvalue weighted by Crippen LogP contribution is 2.46. The Morgan fingerprint density at radius 2 is 2.00 bits per heavy atom. The van der Waals surface area contributed by atoms with E-state index in [-0.39, 0.29) is 16.7 Å². The Bertz CT molecular complexity index is 539. The summed E-state index contributed by atoms with van der Waals surface area (Å²) in [6.07, 6.45) is 0.488. The van der Waals surface area contributed by atoms with E-state index in [1.807, 2.05) is 13.0 Å². The van der Waals surface area contributed by atoms with E-state index >= 15 is 0 Å². The third-order valence-electron chi connectivity index (χ3n) is 3.81. The van der Waals surface area contributed by atoms with Crippen LogP contribution in [0.1, 0.15) is 59.1 Å². The number of amides is 1. The zero-order valence-electron chi connectivity index (χ0n) is 13.4. The Hall–Kier alpha value is -1.51. The van der Waals surface area contributed by atoms with Gasteiger partial charge < -0.3 is 10.1 Å². The van der Waals surface area contributed by atoms with Crippen LogP contribution in [0.3, 0.4) is 0 Å². The van der Waals surface area contributed by atoms with Crippen molar-refractivity contribution in [3.05, 3.63) is 23.3 Å². The van der Waals surface area contributed by atoms with Gasteiger partial charge in [0, 0.05) is 28.7 Å². The van der Waals surface area contributed by atoms with Crippen LogP contribution in [0.5, 0.6) is 5.75 Å². The number of carbonyl (C=O) groups is 1. The van der Waals surface area contributed by atoms with E-state index in [2.05, 4.69) is 46.0 Å². The molecule has 110 valence electrons. The van der Waals surface area contributed by atoms with Crippen molar-refractivity contribution >= 4 is 11.6 Å². The van der Waals surface area contributed by atoms with Gasteiger partial charge in [0.05, 0.1) is 6.61 Å². The molecule has 0 aliphatic carbocycles. The molecule has 0 saturated heterocycles. The Labute approximate surface area is 121 Å². The molecule has 0 saturated carbocycles. The van der Waals surface area contributed by atoms with Crippen molar-refractivity contribution in [2.75, 3.05) is 11.9 Å². The van der Waals surface area contributed by atoms with Crippen LogP contribution in [0, 0.1) is 0 Å². The van der Waals surface area contributed by atoms with Crippen LogP contribution in [-0.4, -0.2) is 12.5 Å². The fourth-order valence-electron chi connectivity index (χ4n) is 2.50.